The summed E-state index contributed by atoms with van der Waals surface area (Å²) in [6.45, 7) is 3.10. The van der Waals surface area contributed by atoms with Gasteiger partial charge < -0.3 is 10.6 Å². The second-order valence-electron chi connectivity index (χ2n) is 4.60. The minimum Gasteiger partial charge on any atom is -0.353 e. The fraction of sp³-hybridized carbons (Fsp3) is 0.357. The summed E-state index contributed by atoms with van der Waals surface area (Å²) in [5.74, 6) is -0.426. The van der Waals surface area contributed by atoms with Crippen LogP contribution in [-0.2, 0) is 9.59 Å². The minimum absolute atomic E-state index is 0.0808. The van der Waals surface area contributed by atoms with Crippen molar-refractivity contribution in [1.82, 2.24) is 16.1 Å². The molecular weight excluding hydrogens is 256 g/mol. The van der Waals surface area contributed by atoms with E-state index in [1.54, 1.807) is 0 Å². The van der Waals surface area contributed by atoms with E-state index in [2.05, 4.69) is 21.2 Å². The fourth-order valence-electron chi connectivity index (χ4n) is 1.93. The van der Waals surface area contributed by atoms with E-state index in [1.807, 2.05) is 37.3 Å². The summed E-state index contributed by atoms with van der Waals surface area (Å²) in [4.78, 5) is 23.3. The molecule has 1 fully saturated rings. The Morgan fingerprint density at radius 3 is 2.80 bits per heavy atom. The Morgan fingerprint density at radius 2 is 2.10 bits per heavy atom. The van der Waals surface area contributed by atoms with Crippen molar-refractivity contribution in [3.63, 3.8) is 0 Å². The van der Waals surface area contributed by atoms with E-state index in [0.29, 0.717) is 13.1 Å². The molecule has 20 heavy (non-hydrogen) atoms. The fourth-order valence-corrected chi connectivity index (χ4v) is 1.93. The van der Waals surface area contributed by atoms with Crippen LogP contribution in [0.4, 0.5) is 0 Å². The quantitative estimate of drug-likeness (QED) is 0.534. The van der Waals surface area contributed by atoms with Gasteiger partial charge in [-0.1, -0.05) is 30.3 Å². The molecule has 6 nitrogen and oxygen atoms in total. The zero-order chi connectivity index (χ0) is 14.4. The first kappa shape index (κ1) is 14.2. The maximum Gasteiger partial charge on any atom is 0.242 e. The number of hydrogen-bond donors (Lipinski definition) is 3. The highest BCUT2D eigenvalue weighted by atomic mass is 16.2. The Morgan fingerprint density at radius 1 is 1.35 bits per heavy atom. The summed E-state index contributed by atoms with van der Waals surface area (Å²) in [7, 11) is 0. The van der Waals surface area contributed by atoms with Gasteiger partial charge in [-0.2, -0.15) is 5.10 Å². The molecule has 0 unspecified atom stereocenters. The topological polar surface area (TPSA) is 82.6 Å². The lowest BCUT2D eigenvalue weighted by molar-refractivity contribution is -0.129. The van der Waals surface area contributed by atoms with Crippen LogP contribution < -0.4 is 16.1 Å². The van der Waals surface area contributed by atoms with Crippen LogP contribution in [0.15, 0.2) is 35.4 Å². The predicted molar refractivity (Wildman–Crippen MR) is 76.2 cm³/mol. The molecule has 1 heterocycles. The maximum absolute atomic E-state index is 11.8. The second-order valence-corrected chi connectivity index (χ2v) is 4.60. The molecular formula is C14H18N4O2. The summed E-state index contributed by atoms with van der Waals surface area (Å²) in [6, 6.07) is 9.10. The summed E-state index contributed by atoms with van der Waals surface area (Å²) in [5.41, 5.74) is 4.15. The van der Waals surface area contributed by atoms with Crippen LogP contribution in [-0.4, -0.2) is 36.7 Å². The molecule has 2 rings (SSSR count). The predicted octanol–water partition coefficient (Wildman–Crippen LogP) is 0.00490. The molecule has 1 aliphatic heterocycles. The average Bonchev–Trinajstić information content (AvgIpc) is 2.48. The molecule has 0 saturated carbocycles. The van der Waals surface area contributed by atoms with E-state index in [1.165, 1.54) is 0 Å². The smallest absolute Gasteiger partial charge is 0.242 e. The monoisotopic (exact) mass is 274 g/mol. The third-order valence-electron chi connectivity index (χ3n) is 3.06. The Balaban J connectivity index is 1.87. The number of carbonyl (C=O) groups excluding carboxylic acids is 2. The zero-order valence-corrected chi connectivity index (χ0v) is 11.3. The Labute approximate surface area is 117 Å². The van der Waals surface area contributed by atoms with Gasteiger partial charge in [0.2, 0.25) is 11.8 Å². The molecule has 106 valence electrons. The van der Waals surface area contributed by atoms with Gasteiger partial charge in [-0.15, -0.1) is 0 Å². The van der Waals surface area contributed by atoms with Gasteiger partial charge in [-0.05, 0) is 12.5 Å². The summed E-state index contributed by atoms with van der Waals surface area (Å²) >= 11 is 0. The molecule has 1 saturated heterocycles. The van der Waals surface area contributed by atoms with E-state index >= 15 is 0 Å². The van der Waals surface area contributed by atoms with Gasteiger partial charge >= 0.3 is 0 Å². The number of rotatable bonds is 4. The van der Waals surface area contributed by atoms with Crippen LogP contribution in [0.3, 0.4) is 0 Å². The Bertz CT molecular complexity index is 513. The molecule has 0 spiro atoms. The van der Waals surface area contributed by atoms with Gasteiger partial charge in [0.15, 0.2) is 0 Å². The number of nitrogens with one attached hydrogen (secondary N) is 3. The molecule has 6 heteroatoms. The van der Waals surface area contributed by atoms with Gasteiger partial charge in [-0.25, -0.2) is 5.43 Å². The number of piperazine rings is 1. The van der Waals surface area contributed by atoms with Gasteiger partial charge in [-0.3, -0.25) is 9.59 Å². The van der Waals surface area contributed by atoms with Crippen molar-refractivity contribution < 1.29 is 9.59 Å². The standard InChI is InChI=1S/C14H18N4O2/c1-10(11-5-3-2-4-6-11)17-18-13(19)9-12-14(20)16-8-7-15-12/h2-6,12,15H,7-9H2,1H3,(H,16,20)(H,18,19)/b17-10+/t12-/m1/s1. The summed E-state index contributed by atoms with van der Waals surface area (Å²) < 4.78 is 0. The zero-order valence-electron chi connectivity index (χ0n) is 11.3. The third-order valence-corrected chi connectivity index (χ3v) is 3.06. The van der Waals surface area contributed by atoms with Gasteiger partial charge in [0.05, 0.1) is 18.2 Å². The van der Waals surface area contributed by atoms with Crippen molar-refractivity contribution in [2.45, 2.75) is 19.4 Å². The number of benzene rings is 1. The number of hydrazone groups is 1. The number of hydrogen-bond acceptors (Lipinski definition) is 4. The Kier molecular flexibility index (Phi) is 4.84. The molecule has 3 N–H and O–H groups in total. The minimum atomic E-state index is -0.476. The highest BCUT2D eigenvalue weighted by Crippen LogP contribution is 2.00. The second kappa shape index (κ2) is 6.81. The van der Waals surface area contributed by atoms with Crippen molar-refractivity contribution in [3.8, 4) is 0 Å². The highest BCUT2D eigenvalue weighted by Gasteiger charge is 2.23. The third kappa shape index (κ3) is 3.89. The van der Waals surface area contributed by atoms with E-state index < -0.39 is 6.04 Å². The van der Waals surface area contributed by atoms with E-state index in [4.69, 9.17) is 0 Å². The van der Waals surface area contributed by atoms with Crippen LogP contribution in [0.25, 0.3) is 0 Å². The molecule has 1 atom stereocenters. The molecule has 0 aliphatic carbocycles. The molecule has 0 bridgehead atoms. The van der Waals surface area contributed by atoms with E-state index in [9.17, 15) is 9.59 Å². The molecule has 2 amide bonds. The average molecular weight is 274 g/mol. The molecule has 0 radical (unpaired) electrons. The molecule has 1 aromatic carbocycles. The van der Waals surface area contributed by atoms with Gasteiger partial charge in [0.25, 0.3) is 0 Å². The SMILES string of the molecule is C/C(=N\NC(=O)C[C@H]1NCCNC1=O)c1ccccc1. The lowest BCUT2D eigenvalue weighted by atomic mass is 10.1. The van der Waals surface area contributed by atoms with E-state index in [0.717, 1.165) is 11.3 Å². The number of nitrogens with zero attached hydrogens (tertiary/aromatic N) is 1. The maximum atomic E-state index is 11.8. The van der Waals surface area contributed by atoms with Crippen LogP contribution in [0.1, 0.15) is 18.9 Å². The van der Waals surface area contributed by atoms with Crippen LogP contribution in [0, 0.1) is 0 Å². The first-order valence-corrected chi connectivity index (χ1v) is 6.56. The molecule has 1 aromatic rings. The van der Waals surface area contributed by atoms with Crippen molar-refractivity contribution in [2.75, 3.05) is 13.1 Å². The van der Waals surface area contributed by atoms with Crippen molar-refractivity contribution >= 4 is 17.5 Å². The lowest BCUT2D eigenvalue weighted by Crippen LogP contribution is -2.54. The van der Waals surface area contributed by atoms with Crippen molar-refractivity contribution in [3.05, 3.63) is 35.9 Å². The van der Waals surface area contributed by atoms with Crippen molar-refractivity contribution in [1.29, 1.82) is 0 Å². The van der Waals surface area contributed by atoms with Crippen molar-refractivity contribution in [2.24, 2.45) is 5.10 Å². The molecule has 1 aliphatic rings. The number of carbonyl (C=O) groups is 2. The Hall–Kier alpha value is -2.21. The first-order valence-electron chi connectivity index (χ1n) is 6.56. The van der Waals surface area contributed by atoms with Crippen LogP contribution in [0.2, 0.25) is 0 Å². The van der Waals surface area contributed by atoms with Crippen LogP contribution in [0.5, 0.6) is 0 Å². The summed E-state index contributed by atoms with van der Waals surface area (Å²) in [6.07, 6.45) is 0.0808. The van der Waals surface area contributed by atoms with E-state index in [-0.39, 0.29) is 18.2 Å². The van der Waals surface area contributed by atoms with Crippen LogP contribution >= 0.6 is 0 Å². The number of amides is 2. The van der Waals surface area contributed by atoms with Gasteiger partial charge in [0.1, 0.15) is 0 Å². The van der Waals surface area contributed by atoms with Gasteiger partial charge in [0, 0.05) is 13.1 Å². The summed E-state index contributed by atoms with van der Waals surface area (Å²) in [5, 5.41) is 9.75. The highest BCUT2D eigenvalue weighted by molar-refractivity contribution is 5.99. The largest absolute Gasteiger partial charge is 0.353 e. The first-order chi connectivity index (χ1) is 9.66. The normalized spacial score (nSPS) is 19.4. The lowest BCUT2D eigenvalue weighted by Gasteiger charge is -2.22. The molecule has 0 aromatic heterocycles.